The van der Waals surface area contributed by atoms with Gasteiger partial charge < -0.3 is 5.84 Å². The van der Waals surface area contributed by atoms with Gasteiger partial charge in [0.1, 0.15) is 5.82 Å². The van der Waals surface area contributed by atoms with E-state index in [1.54, 1.807) is 11.7 Å². The van der Waals surface area contributed by atoms with E-state index in [-0.39, 0.29) is 0 Å². The van der Waals surface area contributed by atoms with Crippen LogP contribution in [-0.4, -0.2) is 14.3 Å². The van der Waals surface area contributed by atoms with Gasteiger partial charge in [0.15, 0.2) is 0 Å². The molecule has 1 heterocycles. The van der Waals surface area contributed by atoms with Crippen molar-refractivity contribution in [1.29, 1.82) is 0 Å². The summed E-state index contributed by atoms with van der Waals surface area (Å²) in [6, 6.07) is 0. The zero-order valence-corrected chi connectivity index (χ0v) is 6.37. The fourth-order valence-corrected chi connectivity index (χ4v) is 0.861. The van der Waals surface area contributed by atoms with Gasteiger partial charge in [-0.3, -0.25) is 4.57 Å². The van der Waals surface area contributed by atoms with E-state index in [1.807, 2.05) is 18.5 Å². The van der Waals surface area contributed by atoms with Crippen LogP contribution in [0.2, 0.25) is 0 Å². The van der Waals surface area contributed by atoms with Crippen LogP contribution >= 0.6 is 0 Å². The van der Waals surface area contributed by atoms with Crippen LogP contribution in [0, 0.1) is 6.92 Å². The van der Waals surface area contributed by atoms with E-state index in [0.717, 1.165) is 5.82 Å². The lowest BCUT2D eigenvalue weighted by Gasteiger charge is -1.89. The summed E-state index contributed by atoms with van der Waals surface area (Å²) in [4.78, 5) is 0. The maximum Gasteiger partial charge on any atom is 0.244 e. The molecule has 0 aromatic carbocycles. The molecule has 5 nitrogen and oxygen atoms in total. The van der Waals surface area contributed by atoms with E-state index in [4.69, 9.17) is 5.84 Å². The van der Waals surface area contributed by atoms with E-state index in [9.17, 15) is 0 Å². The standard InChI is InChI=1S/C5H11N5/c1-4-8-10(3)5(7-6)9(4)2/h6H2,1-3H3/b7-5+. The normalized spacial score (nSPS) is 12.5. The third-order valence-electron chi connectivity index (χ3n) is 1.49. The third-order valence-corrected chi connectivity index (χ3v) is 1.49. The van der Waals surface area contributed by atoms with Gasteiger partial charge >= 0.3 is 0 Å². The van der Waals surface area contributed by atoms with Crippen LogP contribution in [0.3, 0.4) is 0 Å². The number of hydrogen-bond donors (Lipinski definition) is 1. The molecule has 0 aliphatic carbocycles. The first kappa shape index (κ1) is 6.85. The summed E-state index contributed by atoms with van der Waals surface area (Å²) < 4.78 is 3.45. The number of hydrogen-bond acceptors (Lipinski definition) is 3. The molecular weight excluding hydrogens is 130 g/mol. The Morgan fingerprint density at radius 2 is 2.10 bits per heavy atom. The molecule has 0 aliphatic heterocycles. The highest BCUT2D eigenvalue weighted by Gasteiger charge is 1.97. The van der Waals surface area contributed by atoms with Crippen molar-refractivity contribution in [2.75, 3.05) is 0 Å². The molecule has 56 valence electrons. The second-order valence-corrected chi connectivity index (χ2v) is 2.16. The molecule has 1 rings (SSSR count). The first-order chi connectivity index (χ1) is 4.66. The zero-order chi connectivity index (χ0) is 7.72. The summed E-state index contributed by atoms with van der Waals surface area (Å²) in [5.74, 6) is 6.00. The fraction of sp³-hybridized carbons (Fsp3) is 0.600. The second kappa shape index (κ2) is 2.17. The van der Waals surface area contributed by atoms with Gasteiger partial charge in [0.25, 0.3) is 0 Å². The molecule has 0 atom stereocenters. The van der Waals surface area contributed by atoms with Crippen molar-refractivity contribution >= 4 is 0 Å². The summed E-state index contributed by atoms with van der Waals surface area (Å²) in [6.45, 7) is 1.90. The number of rotatable bonds is 0. The van der Waals surface area contributed by atoms with Gasteiger partial charge in [-0.2, -0.15) is 5.10 Å². The molecule has 0 radical (unpaired) electrons. The molecule has 0 amide bonds. The third kappa shape index (κ3) is 0.792. The van der Waals surface area contributed by atoms with Crippen molar-refractivity contribution in [3.63, 3.8) is 0 Å². The Labute approximate surface area is 58.8 Å². The van der Waals surface area contributed by atoms with Crippen LogP contribution in [0.1, 0.15) is 5.82 Å². The Morgan fingerprint density at radius 1 is 1.50 bits per heavy atom. The number of aromatic nitrogens is 3. The summed E-state index contributed by atoms with van der Waals surface area (Å²) in [6.07, 6.45) is 0. The molecule has 0 saturated heterocycles. The van der Waals surface area contributed by atoms with Crippen molar-refractivity contribution in [2.24, 2.45) is 25.0 Å². The number of aryl methyl sites for hydroxylation is 2. The van der Waals surface area contributed by atoms with Gasteiger partial charge in [-0.15, -0.1) is 5.10 Å². The largest absolute Gasteiger partial charge is 0.320 e. The molecule has 0 spiro atoms. The molecule has 0 aliphatic rings. The average molecular weight is 141 g/mol. The first-order valence-corrected chi connectivity index (χ1v) is 2.97. The summed E-state index contributed by atoms with van der Waals surface area (Å²) in [5, 5.41) is 7.64. The van der Waals surface area contributed by atoms with Gasteiger partial charge in [-0.1, -0.05) is 0 Å². The van der Waals surface area contributed by atoms with Crippen LogP contribution in [0.25, 0.3) is 0 Å². The number of nitrogens with two attached hydrogens (primary N) is 1. The van der Waals surface area contributed by atoms with Gasteiger partial charge in [0, 0.05) is 14.1 Å². The minimum absolute atomic E-state index is 0.664. The highest BCUT2D eigenvalue weighted by molar-refractivity contribution is 4.79. The highest BCUT2D eigenvalue weighted by Crippen LogP contribution is 1.81. The van der Waals surface area contributed by atoms with E-state index in [1.165, 1.54) is 0 Å². The lowest BCUT2D eigenvalue weighted by Crippen LogP contribution is -2.24. The molecule has 0 saturated carbocycles. The first-order valence-electron chi connectivity index (χ1n) is 2.97. The predicted octanol–water partition coefficient (Wildman–Crippen LogP) is -1.16. The van der Waals surface area contributed by atoms with E-state index < -0.39 is 0 Å². The Kier molecular flexibility index (Phi) is 1.48. The van der Waals surface area contributed by atoms with Crippen molar-refractivity contribution in [3.8, 4) is 0 Å². The average Bonchev–Trinajstić information content (AvgIpc) is 2.09. The number of nitrogens with zero attached hydrogens (tertiary/aromatic N) is 4. The van der Waals surface area contributed by atoms with Crippen LogP contribution in [-0.2, 0) is 14.1 Å². The van der Waals surface area contributed by atoms with Crippen LogP contribution in [0.5, 0.6) is 0 Å². The van der Waals surface area contributed by atoms with Crippen LogP contribution < -0.4 is 11.5 Å². The monoisotopic (exact) mass is 141 g/mol. The topological polar surface area (TPSA) is 61.1 Å². The van der Waals surface area contributed by atoms with Gasteiger partial charge in [-0.25, -0.2) is 4.68 Å². The maximum atomic E-state index is 5.11. The Balaban J connectivity index is 3.50. The summed E-state index contributed by atoms with van der Waals surface area (Å²) in [5.41, 5.74) is 0.664. The summed E-state index contributed by atoms with van der Waals surface area (Å²) >= 11 is 0. The second-order valence-electron chi connectivity index (χ2n) is 2.16. The van der Waals surface area contributed by atoms with Gasteiger partial charge in [0.2, 0.25) is 5.62 Å². The SMILES string of the molecule is Cc1nn(C)/c(=N/N)n1C. The highest BCUT2D eigenvalue weighted by atomic mass is 15.4. The van der Waals surface area contributed by atoms with E-state index in [0.29, 0.717) is 5.62 Å². The quantitative estimate of drug-likeness (QED) is 0.366. The van der Waals surface area contributed by atoms with Crippen molar-refractivity contribution in [3.05, 3.63) is 11.4 Å². The summed E-state index contributed by atoms with van der Waals surface area (Å²) in [7, 11) is 3.67. The Hall–Kier alpha value is -1.26. The van der Waals surface area contributed by atoms with Gasteiger partial charge in [0.05, 0.1) is 0 Å². The Morgan fingerprint density at radius 3 is 2.30 bits per heavy atom. The molecule has 0 unspecified atom stereocenters. The molecule has 0 bridgehead atoms. The smallest absolute Gasteiger partial charge is 0.244 e. The van der Waals surface area contributed by atoms with Crippen molar-refractivity contribution in [2.45, 2.75) is 6.92 Å². The van der Waals surface area contributed by atoms with Crippen LogP contribution in [0.15, 0.2) is 5.10 Å². The minimum atomic E-state index is 0.664. The fourth-order valence-electron chi connectivity index (χ4n) is 0.861. The lowest BCUT2D eigenvalue weighted by molar-refractivity contribution is 0.679. The molecular formula is C5H11N5. The van der Waals surface area contributed by atoms with Crippen molar-refractivity contribution < 1.29 is 0 Å². The lowest BCUT2D eigenvalue weighted by atomic mass is 10.7. The Bertz CT molecular complexity index is 291. The zero-order valence-electron chi connectivity index (χ0n) is 6.37. The van der Waals surface area contributed by atoms with Crippen molar-refractivity contribution in [1.82, 2.24) is 14.3 Å². The van der Waals surface area contributed by atoms with E-state index >= 15 is 0 Å². The molecule has 2 N–H and O–H groups in total. The molecule has 1 aromatic heterocycles. The van der Waals surface area contributed by atoms with Crippen LogP contribution in [0.4, 0.5) is 0 Å². The molecule has 5 heteroatoms. The maximum absolute atomic E-state index is 5.11. The molecule has 0 fully saturated rings. The molecule has 1 aromatic rings. The molecule has 10 heavy (non-hydrogen) atoms. The minimum Gasteiger partial charge on any atom is -0.320 e. The predicted molar refractivity (Wildman–Crippen MR) is 36.7 cm³/mol. The van der Waals surface area contributed by atoms with Gasteiger partial charge in [-0.05, 0) is 6.92 Å². The van der Waals surface area contributed by atoms with E-state index in [2.05, 4.69) is 10.2 Å².